The Labute approximate surface area is 163 Å². The highest BCUT2D eigenvalue weighted by Gasteiger charge is 2.42. The maximum absolute atomic E-state index is 14.6. The van der Waals surface area contributed by atoms with Crippen molar-refractivity contribution in [2.75, 3.05) is 13.1 Å². The lowest BCUT2D eigenvalue weighted by molar-refractivity contribution is 0.0775. The van der Waals surface area contributed by atoms with Crippen LogP contribution in [-0.4, -0.2) is 29.9 Å². The average molecular weight is 395 g/mol. The molecular formula is C20H21Cl2FN2O. The molecule has 1 aliphatic heterocycles. The number of carbonyl (C=O) groups is 1. The molecule has 2 N–H and O–H groups in total. The predicted octanol–water partition coefficient (Wildman–Crippen LogP) is 4.38. The van der Waals surface area contributed by atoms with Crippen molar-refractivity contribution in [2.24, 2.45) is 17.6 Å². The molecule has 1 saturated carbocycles. The van der Waals surface area contributed by atoms with E-state index in [1.54, 1.807) is 29.2 Å². The van der Waals surface area contributed by atoms with Gasteiger partial charge in [0.15, 0.2) is 0 Å². The molecule has 1 heterocycles. The fourth-order valence-electron chi connectivity index (χ4n) is 4.15. The van der Waals surface area contributed by atoms with Gasteiger partial charge in [-0.25, -0.2) is 4.39 Å². The molecular weight excluding hydrogens is 374 g/mol. The third kappa shape index (κ3) is 3.46. The number of amides is 1. The number of likely N-dealkylation sites (tertiary alicyclic amines) is 1. The lowest BCUT2D eigenvalue weighted by Crippen LogP contribution is -2.33. The van der Waals surface area contributed by atoms with Gasteiger partial charge in [-0.1, -0.05) is 29.8 Å². The molecule has 1 amide bonds. The molecule has 4 rings (SSSR count). The molecule has 3 atom stereocenters. The van der Waals surface area contributed by atoms with Crippen LogP contribution in [0.25, 0.3) is 11.1 Å². The zero-order chi connectivity index (χ0) is 17.6. The van der Waals surface area contributed by atoms with Crippen molar-refractivity contribution >= 4 is 29.9 Å². The van der Waals surface area contributed by atoms with Gasteiger partial charge in [-0.15, -0.1) is 12.4 Å². The summed E-state index contributed by atoms with van der Waals surface area (Å²) < 4.78 is 14.6. The van der Waals surface area contributed by atoms with E-state index in [9.17, 15) is 9.18 Å². The van der Waals surface area contributed by atoms with Crippen molar-refractivity contribution in [3.05, 3.63) is 58.9 Å². The fourth-order valence-corrected chi connectivity index (χ4v) is 4.28. The van der Waals surface area contributed by atoms with Gasteiger partial charge in [0.05, 0.1) is 5.56 Å². The summed E-state index contributed by atoms with van der Waals surface area (Å²) in [5, 5.41) is 0.633. The zero-order valence-electron chi connectivity index (χ0n) is 14.2. The normalized spacial score (nSPS) is 24.3. The summed E-state index contributed by atoms with van der Waals surface area (Å²) in [6.07, 6.45) is 2.09. The first-order valence-electron chi connectivity index (χ1n) is 8.63. The molecule has 2 aromatic rings. The van der Waals surface area contributed by atoms with Gasteiger partial charge in [-0.05, 0) is 60.1 Å². The Morgan fingerprint density at radius 2 is 1.77 bits per heavy atom. The third-order valence-corrected chi connectivity index (χ3v) is 5.83. The molecule has 1 aliphatic carbocycles. The summed E-state index contributed by atoms with van der Waals surface area (Å²) in [5.74, 6) is 0.108. The van der Waals surface area contributed by atoms with E-state index in [0.29, 0.717) is 29.9 Å². The topological polar surface area (TPSA) is 46.3 Å². The molecule has 3 unspecified atom stereocenters. The minimum atomic E-state index is -0.487. The molecule has 0 spiro atoms. The molecule has 1 saturated heterocycles. The van der Waals surface area contributed by atoms with E-state index in [1.807, 2.05) is 12.1 Å². The SMILES string of the molecule is Cl.NC1CCC2CN(C(=O)c3ccc(-c4ccc(Cl)cc4)cc3F)CC12. The van der Waals surface area contributed by atoms with E-state index in [2.05, 4.69) is 0 Å². The van der Waals surface area contributed by atoms with Crippen LogP contribution in [0.3, 0.4) is 0 Å². The second-order valence-electron chi connectivity index (χ2n) is 7.08. The first-order chi connectivity index (χ1) is 12.0. The molecule has 0 bridgehead atoms. The number of fused-ring (bicyclic) bond motifs is 1. The van der Waals surface area contributed by atoms with Crippen molar-refractivity contribution in [3.8, 4) is 11.1 Å². The number of nitrogens with zero attached hydrogens (tertiary/aromatic N) is 1. The van der Waals surface area contributed by atoms with Crippen molar-refractivity contribution in [1.29, 1.82) is 0 Å². The Hall–Kier alpha value is -1.62. The summed E-state index contributed by atoms with van der Waals surface area (Å²) in [4.78, 5) is 14.5. The van der Waals surface area contributed by atoms with Gasteiger partial charge in [0.1, 0.15) is 5.82 Å². The second-order valence-corrected chi connectivity index (χ2v) is 7.51. The Kier molecular flexibility index (Phi) is 5.56. The number of rotatable bonds is 2. The maximum atomic E-state index is 14.6. The highest BCUT2D eigenvalue weighted by atomic mass is 35.5. The molecule has 3 nitrogen and oxygen atoms in total. The Bertz CT molecular complexity index is 812. The molecule has 0 radical (unpaired) electrons. The maximum Gasteiger partial charge on any atom is 0.256 e. The van der Waals surface area contributed by atoms with Gasteiger partial charge < -0.3 is 10.6 Å². The highest BCUT2D eigenvalue weighted by molar-refractivity contribution is 6.30. The Morgan fingerprint density at radius 3 is 2.42 bits per heavy atom. The summed E-state index contributed by atoms with van der Waals surface area (Å²) in [7, 11) is 0. The van der Waals surface area contributed by atoms with Crippen LogP contribution in [0.2, 0.25) is 5.02 Å². The molecule has 2 fully saturated rings. The summed E-state index contributed by atoms with van der Waals surface area (Å²) in [6.45, 7) is 1.33. The smallest absolute Gasteiger partial charge is 0.256 e. The Balaban J connectivity index is 0.00000196. The second kappa shape index (κ2) is 7.55. The van der Waals surface area contributed by atoms with Crippen LogP contribution >= 0.6 is 24.0 Å². The average Bonchev–Trinajstić information content (AvgIpc) is 3.17. The van der Waals surface area contributed by atoms with Crippen molar-refractivity contribution in [1.82, 2.24) is 4.90 Å². The van der Waals surface area contributed by atoms with Gasteiger partial charge in [0.25, 0.3) is 5.91 Å². The standard InChI is InChI=1S/C20H20ClFN2O.ClH/c21-15-5-1-12(2-6-15)13-3-7-16(18(22)9-13)20(25)24-10-14-4-8-19(23)17(14)11-24;/h1-3,5-7,9,14,17,19H,4,8,10-11,23H2;1H. The van der Waals surface area contributed by atoms with Crippen LogP contribution in [0.4, 0.5) is 4.39 Å². The highest BCUT2D eigenvalue weighted by Crippen LogP contribution is 2.37. The molecule has 6 heteroatoms. The van der Waals surface area contributed by atoms with Gasteiger partial charge in [0, 0.05) is 24.2 Å². The number of halogens is 3. The largest absolute Gasteiger partial charge is 0.338 e. The van der Waals surface area contributed by atoms with Gasteiger partial charge in [-0.2, -0.15) is 0 Å². The number of nitrogens with two attached hydrogens (primary N) is 1. The van der Waals surface area contributed by atoms with Crippen molar-refractivity contribution < 1.29 is 9.18 Å². The third-order valence-electron chi connectivity index (χ3n) is 5.58. The zero-order valence-corrected chi connectivity index (χ0v) is 15.8. The predicted molar refractivity (Wildman–Crippen MR) is 104 cm³/mol. The van der Waals surface area contributed by atoms with Gasteiger partial charge >= 0.3 is 0 Å². The summed E-state index contributed by atoms with van der Waals surface area (Å²) >= 11 is 5.89. The van der Waals surface area contributed by atoms with Crippen LogP contribution in [0, 0.1) is 17.7 Å². The molecule has 0 aromatic heterocycles. The minimum Gasteiger partial charge on any atom is -0.338 e. The first kappa shape index (κ1) is 19.2. The summed E-state index contributed by atoms with van der Waals surface area (Å²) in [5.41, 5.74) is 7.85. The quantitative estimate of drug-likeness (QED) is 0.821. The molecule has 2 aromatic carbocycles. The number of benzene rings is 2. The number of carbonyl (C=O) groups excluding carboxylic acids is 1. The van der Waals surface area contributed by atoms with E-state index < -0.39 is 5.82 Å². The van der Waals surface area contributed by atoms with Crippen LogP contribution in [0.1, 0.15) is 23.2 Å². The summed E-state index contributed by atoms with van der Waals surface area (Å²) in [6, 6.07) is 12.1. The van der Waals surface area contributed by atoms with Crippen molar-refractivity contribution in [3.63, 3.8) is 0 Å². The van der Waals surface area contributed by atoms with E-state index in [1.165, 1.54) is 6.07 Å². The molecule has 138 valence electrons. The van der Waals surface area contributed by atoms with Crippen LogP contribution in [0.5, 0.6) is 0 Å². The van der Waals surface area contributed by atoms with E-state index in [0.717, 1.165) is 24.0 Å². The van der Waals surface area contributed by atoms with E-state index in [4.69, 9.17) is 17.3 Å². The van der Waals surface area contributed by atoms with Crippen LogP contribution < -0.4 is 5.73 Å². The number of hydrogen-bond acceptors (Lipinski definition) is 2. The minimum absolute atomic E-state index is 0. The molecule has 2 aliphatic rings. The van der Waals surface area contributed by atoms with Crippen LogP contribution in [0.15, 0.2) is 42.5 Å². The van der Waals surface area contributed by atoms with E-state index in [-0.39, 0.29) is 29.9 Å². The first-order valence-corrected chi connectivity index (χ1v) is 9.01. The monoisotopic (exact) mass is 394 g/mol. The van der Waals surface area contributed by atoms with Gasteiger partial charge in [-0.3, -0.25) is 4.79 Å². The fraction of sp³-hybridized carbons (Fsp3) is 0.350. The van der Waals surface area contributed by atoms with Crippen molar-refractivity contribution in [2.45, 2.75) is 18.9 Å². The lowest BCUT2D eigenvalue weighted by Gasteiger charge is -2.19. The van der Waals surface area contributed by atoms with Crippen LogP contribution in [-0.2, 0) is 0 Å². The lowest BCUT2D eigenvalue weighted by atomic mass is 9.98. The van der Waals surface area contributed by atoms with E-state index >= 15 is 0 Å². The molecule has 26 heavy (non-hydrogen) atoms. The number of hydrogen-bond donors (Lipinski definition) is 1. The van der Waals surface area contributed by atoms with Gasteiger partial charge in [0.2, 0.25) is 0 Å². The Morgan fingerprint density at radius 1 is 1.08 bits per heavy atom.